The summed E-state index contributed by atoms with van der Waals surface area (Å²) < 4.78 is 19.2. The molecule has 3 rings (SSSR count). The predicted octanol–water partition coefficient (Wildman–Crippen LogP) is 3.05. The number of anilines is 1. The molecule has 1 fully saturated rings. The first-order valence-corrected chi connectivity index (χ1v) is 6.56. The molecule has 100 valence electrons. The number of rotatable bonds is 5. The largest absolute Gasteiger partial charge is 0.467 e. The van der Waals surface area contributed by atoms with Crippen molar-refractivity contribution in [2.75, 3.05) is 4.90 Å². The number of hydrogen-bond donors (Lipinski definition) is 1. The molecule has 0 aliphatic heterocycles. The van der Waals surface area contributed by atoms with Gasteiger partial charge >= 0.3 is 0 Å². The molecule has 1 saturated carbocycles. The maximum absolute atomic E-state index is 13.8. The van der Waals surface area contributed by atoms with E-state index in [0.29, 0.717) is 18.2 Å². The van der Waals surface area contributed by atoms with E-state index in [9.17, 15) is 4.39 Å². The van der Waals surface area contributed by atoms with Gasteiger partial charge in [0.2, 0.25) is 0 Å². The number of benzene rings is 1. The van der Waals surface area contributed by atoms with Crippen molar-refractivity contribution in [3.05, 3.63) is 53.7 Å². The van der Waals surface area contributed by atoms with Gasteiger partial charge in [0.15, 0.2) is 0 Å². The van der Waals surface area contributed by atoms with Crippen LogP contribution in [-0.4, -0.2) is 6.04 Å². The Balaban J connectivity index is 1.94. The molecule has 0 spiro atoms. The van der Waals surface area contributed by atoms with Crippen molar-refractivity contribution in [3.8, 4) is 0 Å². The topological polar surface area (TPSA) is 42.4 Å². The Labute approximate surface area is 111 Å². The number of halogens is 1. The van der Waals surface area contributed by atoms with Gasteiger partial charge in [-0.1, -0.05) is 6.07 Å². The summed E-state index contributed by atoms with van der Waals surface area (Å²) in [4.78, 5) is 2.20. The van der Waals surface area contributed by atoms with Crippen molar-refractivity contribution >= 4 is 5.69 Å². The van der Waals surface area contributed by atoms with E-state index in [1.165, 1.54) is 6.07 Å². The standard InChI is InChI=1S/C15H17FN2O/c16-14-4-1-5-15(13(14)9-17)18(11-6-7-11)10-12-3-2-8-19-12/h1-5,8,11H,6-7,9-10,17H2. The Bertz CT molecular complexity index is 549. The second-order valence-electron chi connectivity index (χ2n) is 4.88. The lowest BCUT2D eigenvalue weighted by Crippen LogP contribution is -2.26. The average molecular weight is 260 g/mol. The summed E-state index contributed by atoms with van der Waals surface area (Å²) in [6, 6.07) is 9.42. The van der Waals surface area contributed by atoms with Crippen molar-refractivity contribution in [2.45, 2.75) is 32.0 Å². The van der Waals surface area contributed by atoms with Gasteiger partial charge in [-0.2, -0.15) is 0 Å². The molecule has 1 aliphatic carbocycles. The normalized spacial score (nSPS) is 14.6. The fraction of sp³-hybridized carbons (Fsp3) is 0.333. The molecule has 0 amide bonds. The molecule has 2 N–H and O–H groups in total. The molecule has 1 aromatic carbocycles. The summed E-state index contributed by atoms with van der Waals surface area (Å²) in [6.45, 7) is 0.873. The highest BCUT2D eigenvalue weighted by molar-refractivity contribution is 5.56. The number of nitrogens with zero attached hydrogens (tertiary/aromatic N) is 1. The fourth-order valence-corrected chi connectivity index (χ4v) is 2.39. The summed E-state index contributed by atoms with van der Waals surface area (Å²) in [5, 5.41) is 0. The Hall–Kier alpha value is -1.81. The van der Waals surface area contributed by atoms with E-state index in [1.54, 1.807) is 12.3 Å². The van der Waals surface area contributed by atoms with Crippen LogP contribution in [0.4, 0.5) is 10.1 Å². The molecule has 0 unspecified atom stereocenters. The Morgan fingerprint density at radius 3 is 2.74 bits per heavy atom. The Morgan fingerprint density at radius 2 is 2.11 bits per heavy atom. The molecule has 3 nitrogen and oxygen atoms in total. The third-order valence-corrected chi connectivity index (χ3v) is 3.50. The van der Waals surface area contributed by atoms with Gasteiger partial charge in [0.05, 0.1) is 12.8 Å². The Morgan fingerprint density at radius 1 is 1.26 bits per heavy atom. The minimum atomic E-state index is -0.231. The number of hydrogen-bond acceptors (Lipinski definition) is 3. The highest BCUT2D eigenvalue weighted by Crippen LogP contribution is 2.35. The zero-order valence-corrected chi connectivity index (χ0v) is 10.7. The van der Waals surface area contributed by atoms with Crippen LogP contribution in [0.15, 0.2) is 41.0 Å². The van der Waals surface area contributed by atoms with Gasteiger partial charge < -0.3 is 15.1 Å². The van der Waals surface area contributed by atoms with E-state index >= 15 is 0 Å². The van der Waals surface area contributed by atoms with E-state index < -0.39 is 0 Å². The molecule has 1 aliphatic rings. The third-order valence-electron chi connectivity index (χ3n) is 3.50. The van der Waals surface area contributed by atoms with Gasteiger partial charge in [-0.15, -0.1) is 0 Å². The summed E-state index contributed by atoms with van der Waals surface area (Å²) in [6.07, 6.45) is 3.94. The quantitative estimate of drug-likeness (QED) is 0.898. The average Bonchev–Trinajstić information content (AvgIpc) is 3.13. The maximum Gasteiger partial charge on any atom is 0.129 e. The predicted molar refractivity (Wildman–Crippen MR) is 72.2 cm³/mol. The molecule has 1 aromatic heterocycles. The fourth-order valence-electron chi connectivity index (χ4n) is 2.39. The molecule has 0 saturated heterocycles. The molecule has 2 aromatic rings. The SMILES string of the molecule is NCc1c(F)cccc1N(Cc1ccco1)C1CC1. The summed E-state index contributed by atoms with van der Waals surface area (Å²) in [5.74, 6) is 0.657. The molecular formula is C15H17FN2O. The van der Waals surface area contributed by atoms with Crippen LogP contribution < -0.4 is 10.6 Å². The second kappa shape index (κ2) is 5.05. The summed E-state index contributed by atoms with van der Waals surface area (Å²) in [7, 11) is 0. The zero-order chi connectivity index (χ0) is 13.2. The highest BCUT2D eigenvalue weighted by atomic mass is 19.1. The van der Waals surface area contributed by atoms with Crippen LogP contribution in [0.5, 0.6) is 0 Å². The minimum Gasteiger partial charge on any atom is -0.467 e. The Kier molecular flexibility index (Phi) is 3.25. The summed E-state index contributed by atoms with van der Waals surface area (Å²) in [5.41, 5.74) is 7.17. The van der Waals surface area contributed by atoms with E-state index in [1.807, 2.05) is 18.2 Å². The van der Waals surface area contributed by atoms with Crippen LogP contribution >= 0.6 is 0 Å². The van der Waals surface area contributed by atoms with E-state index in [0.717, 1.165) is 24.3 Å². The van der Waals surface area contributed by atoms with Gasteiger partial charge in [0.25, 0.3) is 0 Å². The first kappa shape index (κ1) is 12.2. The van der Waals surface area contributed by atoms with Crippen LogP contribution in [0.3, 0.4) is 0 Å². The van der Waals surface area contributed by atoms with Crippen molar-refractivity contribution in [2.24, 2.45) is 5.73 Å². The van der Waals surface area contributed by atoms with Gasteiger partial charge in [-0.25, -0.2) is 4.39 Å². The van der Waals surface area contributed by atoms with E-state index in [4.69, 9.17) is 10.2 Å². The highest BCUT2D eigenvalue weighted by Gasteiger charge is 2.31. The monoisotopic (exact) mass is 260 g/mol. The van der Waals surface area contributed by atoms with E-state index in [2.05, 4.69) is 4.90 Å². The zero-order valence-electron chi connectivity index (χ0n) is 10.7. The number of nitrogens with two attached hydrogens (primary N) is 1. The molecular weight excluding hydrogens is 243 g/mol. The van der Waals surface area contributed by atoms with Crippen molar-refractivity contribution in [1.82, 2.24) is 0 Å². The second-order valence-corrected chi connectivity index (χ2v) is 4.88. The van der Waals surface area contributed by atoms with Crippen LogP contribution in [0.1, 0.15) is 24.2 Å². The van der Waals surface area contributed by atoms with Crippen molar-refractivity contribution < 1.29 is 8.81 Å². The summed E-state index contributed by atoms with van der Waals surface area (Å²) >= 11 is 0. The van der Waals surface area contributed by atoms with Gasteiger partial charge in [0, 0.05) is 23.8 Å². The molecule has 4 heteroatoms. The van der Waals surface area contributed by atoms with Gasteiger partial charge in [-0.05, 0) is 37.1 Å². The molecule has 0 bridgehead atoms. The lowest BCUT2D eigenvalue weighted by atomic mass is 10.1. The van der Waals surface area contributed by atoms with Crippen molar-refractivity contribution in [3.63, 3.8) is 0 Å². The van der Waals surface area contributed by atoms with Crippen LogP contribution in [0, 0.1) is 5.82 Å². The van der Waals surface area contributed by atoms with Gasteiger partial charge in [-0.3, -0.25) is 0 Å². The third kappa shape index (κ3) is 2.49. The smallest absolute Gasteiger partial charge is 0.129 e. The van der Waals surface area contributed by atoms with Crippen LogP contribution in [0.2, 0.25) is 0 Å². The minimum absolute atomic E-state index is 0.212. The lowest BCUT2D eigenvalue weighted by Gasteiger charge is -2.26. The van der Waals surface area contributed by atoms with E-state index in [-0.39, 0.29) is 12.4 Å². The van der Waals surface area contributed by atoms with Crippen LogP contribution in [0.25, 0.3) is 0 Å². The van der Waals surface area contributed by atoms with Gasteiger partial charge in [0.1, 0.15) is 11.6 Å². The first-order chi connectivity index (χ1) is 9.29. The number of furan rings is 1. The first-order valence-electron chi connectivity index (χ1n) is 6.56. The lowest BCUT2D eigenvalue weighted by molar-refractivity contribution is 0.500. The molecule has 0 atom stereocenters. The molecule has 0 radical (unpaired) electrons. The molecule has 19 heavy (non-hydrogen) atoms. The van der Waals surface area contributed by atoms with Crippen molar-refractivity contribution in [1.29, 1.82) is 0 Å². The maximum atomic E-state index is 13.8. The van der Waals surface area contributed by atoms with Crippen LogP contribution in [-0.2, 0) is 13.1 Å². The molecule has 1 heterocycles.